The van der Waals surface area contributed by atoms with Crippen molar-refractivity contribution in [2.24, 2.45) is 23.5 Å². The molecule has 3 aliphatic rings. The predicted octanol–water partition coefficient (Wildman–Crippen LogP) is 3.34. The third-order valence-electron chi connectivity index (χ3n) is 6.27. The molecule has 2 fully saturated rings. The second-order valence-corrected chi connectivity index (χ2v) is 7.74. The highest BCUT2D eigenvalue weighted by atomic mass is 35.5. The van der Waals surface area contributed by atoms with E-state index in [1.807, 2.05) is 23.1 Å². The van der Waals surface area contributed by atoms with Gasteiger partial charge in [0.05, 0.1) is 0 Å². The van der Waals surface area contributed by atoms with Crippen LogP contribution in [0.5, 0.6) is 11.5 Å². The van der Waals surface area contributed by atoms with Crippen LogP contribution in [0.1, 0.15) is 44.6 Å². The minimum Gasteiger partial charge on any atom is -0.454 e. The first kappa shape index (κ1) is 19.3. The Morgan fingerprint density at radius 3 is 2.58 bits per heavy atom. The summed E-state index contributed by atoms with van der Waals surface area (Å²) < 4.78 is 10.8. The molecular formula is C20H29ClN2O3. The van der Waals surface area contributed by atoms with Gasteiger partial charge in [0.2, 0.25) is 12.7 Å². The molecule has 0 aromatic heterocycles. The maximum absolute atomic E-state index is 13.1. The summed E-state index contributed by atoms with van der Waals surface area (Å²) in [5, 5.41) is 0. The summed E-state index contributed by atoms with van der Waals surface area (Å²) in [7, 11) is 0. The highest BCUT2D eigenvalue weighted by Gasteiger charge is 2.41. The van der Waals surface area contributed by atoms with Crippen LogP contribution in [0.15, 0.2) is 18.2 Å². The van der Waals surface area contributed by atoms with Crippen molar-refractivity contribution in [2.75, 3.05) is 13.3 Å². The molecule has 2 aliphatic carbocycles. The number of rotatable bonds is 4. The van der Waals surface area contributed by atoms with E-state index in [-0.39, 0.29) is 25.1 Å². The molecule has 26 heavy (non-hydrogen) atoms. The molecule has 2 saturated carbocycles. The summed E-state index contributed by atoms with van der Waals surface area (Å²) in [6.45, 7) is 3.69. The summed E-state index contributed by atoms with van der Waals surface area (Å²) in [5.41, 5.74) is 7.47. The number of nitrogens with zero attached hydrogens (tertiary/aromatic N) is 1. The van der Waals surface area contributed by atoms with Crippen LogP contribution in [0.3, 0.4) is 0 Å². The lowest BCUT2D eigenvalue weighted by Gasteiger charge is -2.44. The first-order valence-corrected chi connectivity index (χ1v) is 9.58. The van der Waals surface area contributed by atoms with Gasteiger partial charge < -0.3 is 20.1 Å². The van der Waals surface area contributed by atoms with Crippen LogP contribution in [0, 0.1) is 17.8 Å². The number of hydrogen-bond donors (Lipinski definition) is 1. The van der Waals surface area contributed by atoms with Gasteiger partial charge in [0, 0.05) is 25.0 Å². The third-order valence-corrected chi connectivity index (χ3v) is 6.27. The summed E-state index contributed by atoms with van der Waals surface area (Å²) in [6, 6.07) is 6.25. The van der Waals surface area contributed by atoms with E-state index in [0.29, 0.717) is 30.3 Å². The number of amides is 1. The Labute approximate surface area is 161 Å². The molecule has 1 heterocycles. The smallest absolute Gasteiger partial charge is 0.231 e. The van der Waals surface area contributed by atoms with Gasteiger partial charge in [-0.2, -0.15) is 0 Å². The van der Waals surface area contributed by atoms with Crippen molar-refractivity contribution < 1.29 is 14.3 Å². The van der Waals surface area contributed by atoms with Crippen LogP contribution in [0.2, 0.25) is 0 Å². The number of carbonyl (C=O) groups is 1. The van der Waals surface area contributed by atoms with Gasteiger partial charge in [0.1, 0.15) is 0 Å². The Kier molecular flexibility index (Phi) is 5.98. The normalized spacial score (nSPS) is 29.0. The third kappa shape index (κ3) is 3.65. The molecule has 0 saturated heterocycles. The predicted molar refractivity (Wildman–Crippen MR) is 102 cm³/mol. The van der Waals surface area contributed by atoms with Crippen molar-refractivity contribution in [3.63, 3.8) is 0 Å². The van der Waals surface area contributed by atoms with E-state index >= 15 is 0 Å². The monoisotopic (exact) mass is 380 g/mol. The lowest BCUT2D eigenvalue weighted by atomic mass is 9.65. The molecule has 1 amide bonds. The van der Waals surface area contributed by atoms with E-state index in [1.54, 1.807) is 0 Å². The molecule has 4 rings (SSSR count). The lowest BCUT2D eigenvalue weighted by Crippen LogP contribution is -2.49. The van der Waals surface area contributed by atoms with Crippen LogP contribution in [-0.2, 0) is 11.3 Å². The van der Waals surface area contributed by atoms with Crippen molar-refractivity contribution in [3.8, 4) is 11.5 Å². The number of hydrogen-bond acceptors (Lipinski definition) is 4. The first-order valence-electron chi connectivity index (χ1n) is 9.58. The van der Waals surface area contributed by atoms with Crippen molar-refractivity contribution in [1.82, 2.24) is 4.90 Å². The summed E-state index contributed by atoms with van der Waals surface area (Å²) in [6.07, 6.45) is 5.59. The van der Waals surface area contributed by atoms with E-state index < -0.39 is 0 Å². The van der Waals surface area contributed by atoms with Gasteiger partial charge in [-0.1, -0.05) is 12.5 Å². The fraction of sp³-hybridized carbons (Fsp3) is 0.650. The Bertz CT molecular complexity index is 640. The van der Waals surface area contributed by atoms with Gasteiger partial charge in [-0.25, -0.2) is 0 Å². The van der Waals surface area contributed by atoms with Crippen LogP contribution in [-0.4, -0.2) is 30.2 Å². The maximum Gasteiger partial charge on any atom is 0.231 e. The first-order chi connectivity index (χ1) is 12.2. The van der Waals surface area contributed by atoms with E-state index in [4.69, 9.17) is 15.2 Å². The number of fused-ring (bicyclic) bond motifs is 3. The molecule has 2 atom stereocenters. The molecule has 1 aromatic rings. The lowest BCUT2D eigenvalue weighted by molar-refractivity contribution is -0.139. The van der Waals surface area contributed by atoms with E-state index in [9.17, 15) is 4.79 Å². The van der Waals surface area contributed by atoms with E-state index in [1.165, 1.54) is 19.3 Å². The van der Waals surface area contributed by atoms with Crippen molar-refractivity contribution >= 4 is 18.3 Å². The topological polar surface area (TPSA) is 64.8 Å². The zero-order valence-electron chi connectivity index (χ0n) is 15.4. The largest absolute Gasteiger partial charge is 0.454 e. The second-order valence-electron chi connectivity index (χ2n) is 7.74. The minimum atomic E-state index is 0. The van der Waals surface area contributed by atoms with E-state index in [2.05, 4.69) is 6.92 Å². The highest BCUT2D eigenvalue weighted by Crippen LogP contribution is 2.42. The van der Waals surface area contributed by atoms with Gasteiger partial charge >= 0.3 is 0 Å². The molecule has 6 heteroatoms. The molecule has 1 aliphatic heterocycles. The van der Waals surface area contributed by atoms with Crippen molar-refractivity contribution in [2.45, 2.75) is 51.6 Å². The molecule has 2 N–H and O–H groups in total. The van der Waals surface area contributed by atoms with Crippen LogP contribution >= 0.6 is 12.4 Å². The molecular weight excluding hydrogens is 352 g/mol. The number of halogens is 1. The van der Waals surface area contributed by atoms with Crippen molar-refractivity contribution in [1.29, 1.82) is 0 Å². The standard InChI is InChI=1S/C20H28N2O3.ClH/c1-2-22(11-13-6-7-17-18(8-13)25-12-24-17)20(23)16-9-14-4-3-5-15(10-16)19(14)21;/h6-8,14-16,19H,2-5,9-12,21H2,1H3;1H. The average Bonchev–Trinajstić information content (AvgIpc) is 3.06. The fourth-order valence-electron chi connectivity index (χ4n) is 4.85. The molecule has 0 spiro atoms. The van der Waals surface area contributed by atoms with Gasteiger partial charge in [-0.3, -0.25) is 4.79 Å². The Morgan fingerprint density at radius 1 is 1.19 bits per heavy atom. The molecule has 144 valence electrons. The quantitative estimate of drug-likeness (QED) is 0.870. The van der Waals surface area contributed by atoms with Gasteiger partial charge in [0.25, 0.3) is 0 Å². The molecule has 2 unspecified atom stereocenters. The number of benzene rings is 1. The van der Waals surface area contributed by atoms with Crippen molar-refractivity contribution in [3.05, 3.63) is 23.8 Å². The maximum atomic E-state index is 13.1. The fourth-order valence-corrected chi connectivity index (χ4v) is 4.85. The zero-order chi connectivity index (χ0) is 17.4. The van der Waals surface area contributed by atoms with E-state index in [0.717, 1.165) is 36.4 Å². The van der Waals surface area contributed by atoms with Crippen LogP contribution in [0.25, 0.3) is 0 Å². The number of ether oxygens (including phenoxy) is 2. The summed E-state index contributed by atoms with van der Waals surface area (Å²) in [5.74, 6) is 3.07. The summed E-state index contributed by atoms with van der Waals surface area (Å²) in [4.78, 5) is 15.1. The number of carbonyl (C=O) groups excluding carboxylic acids is 1. The van der Waals surface area contributed by atoms with Gasteiger partial charge in [-0.05, 0) is 62.1 Å². The highest BCUT2D eigenvalue weighted by molar-refractivity contribution is 5.85. The Hall–Kier alpha value is -1.46. The number of nitrogens with two attached hydrogens (primary N) is 1. The minimum absolute atomic E-state index is 0. The van der Waals surface area contributed by atoms with Gasteiger partial charge in [-0.15, -0.1) is 12.4 Å². The molecule has 2 bridgehead atoms. The molecule has 5 nitrogen and oxygen atoms in total. The summed E-state index contributed by atoms with van der Waals surface area (Å²) >= 11 is 0. The Morgan fingerprint density at radius 2 is 1.88 bits per heavy atom. The van der Waals surface area contributed by atoms with Crippen LogP contribution in [0.4, 0.5) is 0 Å². The molecule has 0 radical (unpaired) electrons. The second kappa shape index (κ2) is 8.05. The van der Waals surface area contributed by atoms with Crippen LogP contribution < -0.4 is 15.2 Å². The Balaban J connectivity index is 0.00000196. The SMILES string of the molecule is CCN(Cc1ccc2c(c1)OCO2)C(=O)C1CC2CCCC(C1)C2N.Cl. The zero-order valence-corrected chi connectivity index (χ0v) is 16.2. The van der Waals surface area contributed by atoms with Gasteiger partial charge in [0.15, 0.2) is 11.5 Å². The average molecular weight is 381 g/mol. The molecule has 1 aromatic carbocycles.